The van der Waals surface area contributed by atoms with Crippen LogP contribution in [0.3, 0.4) is 0 Å². The molecule has 128 valence electrons. The molecular weight excluding hydrogens is 336 g/mol. The quantitative estimate of drug-likeness (QED) is 0.722. The van der Waals surface area contributed by atoms with Gasteiger partial charge in [0.1, 0.15) is 4.83 Å². The monoisotopic (exact) mass is 353 g/mol. The SMILES string of the molecule is CC1CCc2c(sc3ncn(Cc4ccc(C(=O)[O-])cc4)c(=O)c23)C1. The molecule has 0 fully saturated rings. The first-order chi connectivity index (χ1) is 12.0. The van der Waals surface area contributed by atoms with Crippen molar-refractivity contribution < 1.29 is 9.90 Å². The van der Waals surface area contributed by atoms with Crippen molar-refractivity contribution in [1.29, 1.82) is 0 Å². The molecule has 4 rings (SSSR count). The minimum atomic E-state index is -1.20. The third kappa shape index (κ3) is 2.87. The summed E-state index contributed by atoms with van der Waals surface area (Å²) in [5, 5.41) is 11.6. The molecule has 0 aliphatic heterocycles. The second kappa shape index (κ2) is 6.11. The molecule has 0 amide bonds. The number of aromatic nitrogens is 2. The Bertz CT molecular complexity index is 1020. The summed E-state index contributed by atoms with van der Waals surface area (Å²) in [6.07, 6.45) is 4.67. The lowest BCUT2D eigenvalue weighted by atomic mass is 9.89. The molecule has 5 nitrogen and oxygen atoms in total. The number of carboxylic acids is 1. The molecule has 0 bridgehead atoms. The lowest BCUT2D eigenvalue weighted by Gasteiger charge is -2.17. The zero-order valence-electron chi connectivity index (χ0n) is 13.8. The molecule has 25 heavy (non-hydrogen) atoms. The van der Waals surface area contributed by atoms with Crippen LogP contribution in [-0.4, -0.2) is 15.5 Å². The van der Waals surface area contributed by atoms with E-state index < -0.39 is 5.97 Å². The van der Waals surface area contributed by atoms with Crippen LogP contribution in [0.1, 0.15) is 39.7 Å². The van der Waals surface area contributed by atoms with E-state index >= 15 is 0 Å². The number of aromatic carboxylic acids is 1. The van der Waals surface area contributed by atoms with Crippen molar-refractivity contribution in [2.45, 2.75) is 32.7 Å². The lowest BCUT2D eigenvalue weighted by molar-refractivity contribution is -0.255. The van der Waals surface area contributed by atoms with Crippen molar-refractivity contribution in [1.82, 2.24) is 9.55 Å². The number of thiophene rings is 1. The fourth-order valence-electron chi connectivity index (χ4n) is 3.42. The highest BCUT2D eigenvalue weighted by Gasteiger charge is 2.23. The summed E-state index contributed by atoms with van der Waals surface area (Å²) >= 11 is 1.64. The van der Waals surface area contributed by atoms with Gasteiger partial charge in [0.15, 0.2) is 0 Å². The molecule has 2 aromatic heterocycles. The van der Waals surface area contributed by atoms with Crippen molar-refractivity contribution in [2.24, 2.45) is 5.92 Å². The Labute approximate surface area is 148 Å². The molecule has 0 N–H and O–H groups in total. The maximum absolute atomic E-state index is 12.9. The first kappa shape index (κ1) is 16.0. The minimum Gasteiger partial charge on any atom is -0.545 e. The predicted octanol–water partition coefficient (Wildman–Crippen LogP) is 1.99. The van der Waals surface area contributed by atoms with Crippen LogP contribution in [0, 0.1) is 5.92 Å². The fraction of sp³-hybridized carbons (Fsp3) is 0.316. The lowest BCUT2D eigenvalue weighted by Crippen LogP contribution is -2.23. The van der Waals surface area contributed by atoms with Gasteiger partial charge in [0, 0.05) is 4.88 Å². The van der Waals surface area contributed by atoms with E-state index in [0.29, 0.717) is 12.5 Å². The number of hydrogen-bond donors (Lipinski definition) is 0. The van der Waals surface area contributed by atoms with Crippen molar-refractivity contribution in [3.8, 4) is 0 Å². The highest BCUT2D eigenvalue weighted by Crippen LogP contribution is 2.35. The number of aryl methyl sites for hydroxylation is 1. The zero-order chi connectivity index (χ0) is 17.6. The van der Waals surface area contributed by atoms with E-state index in [9.17, 15) is 14.7 Å². The Morgan fingerprint density at radius 3 is 2.84 bits per heavy atom. The Hall–Kier alpha value is -2.47. The number of rotatable bonds is 3. The number of carboxylic acid groups (broad SMARTS) is 1. The fourth-order valence-corrected chi connectivity index (χ4v) is 4.76. The van der Waals surface area contributed by atoms with Crippen molar-refractivity contribution in [2.75, 3.05) is 0 Å². The maximum Gasteiger partial charge on any atom is 0.262 e. The largest absolute Gasteiger partial charge is 0.545 e. The number of fused-ring (bicyclic) bond motifs is 3. The maximum atomic E-state index is 12.9. The third-order valence-electron chi connectivity index (χ3n) is 4.82. The van der Waals surface area contributed by atoms with Gasteiger partial charge in [-0.1, -0.05) is 31.2 Å². The van der Waals surface area contributed by atoms with Gasteiger partial charge in [0.2, 0.25) is 0 Å². The van der Waals surface area contributed by atoms with E-state index in [-0.39, 0.29) is 11.1 Å². The van der Waals surface area contributed by atoms with Crippen LogP contribution < -0.4 is 10.7 Å². The average molecular weight is 353 g/mol. The van der Waals surface area contributed by atoms with Gasteiger partial charge in [0.05, 0.1) is 24.2 Å². The molecule has 1 aromatic carbocycles. The van der Waals surface area contributed by atoms with E-state index in [0.717, 1.165) is 35.0 Å². The van der Waals surface area contributed by atoms with Gasteiger partial charge < -0.3 is 9.90 Å². The first-order valence-corrected chi connectivity index (χ1v) is 9.14. The molecule has 0 radical (unpaired) electrons. The summed E-state index contributed by atoms with van der Waals surface area (Å²) in [6, 6.07) is 6.39. The van der Waals surface area contributed by atoms with Crippen LogP contribution in [0.2, 0.25) is 0 Å². The summed E-state index contributed by atoms with van der Waals surface area (Å²) in [6.45, 7) is 2.62. The van der Waals surface area contributed by atoms with Crippen LogP contribution in [0.15, 0.2) is 35.4 Å². The number of benzene rings is 1. The van der Waals surface area contributed by atoms with Crippen LogP contribution in [0.5, 0.6) is 0 Å². The predicted molar refractivity (Wildman–Crippen MR) is 94.9 cm³/mol. The van der Waals surface area contributed by atoms with Crippen molar-refractivity contribution in [3.63, 3.8) is 0 Å². The summed E-state index contributed by atoms with van der Waals surface area (Å²) in [4.78, 5) is 30.4. The van der Waals surface area contributed by atoms with E-state index in [4.69, 9.17) is 0 Å². The molecule has 1 unspecified atom stereocenters. The number of nitrogens with zero attached hydrogens (tertiary/aromatic N) is 2. The third-order valence-corrected chi connectivity index (χ3v) is 5.99. The van der Waals surface area contributed by atoms with Gasteiger partial charge in [0.25, 0.3) is 5.56 Å². The van der Waals surface area contributed by atoms with E-state index in [1.54, 1.807) is 34.4 Å². The molecule has 2 heterocycles. The summed E-state index contributed by atoms with van der Waals surface area (Å²) in [7, 11) is 0. The zero-order valence-corrected chi connectivity index (χ0v) is 14.6. The minimum absolute atomic E-state index is 0.0129. The summed E-state index contributed by atoms with van der Waals surface area (Å²) < 4.78 is 1.60. The molecule has 3 aromatic rings. The van der Waals surface area contributed by atoms with Crippen LogP contribution >= 0.6 is 11.3 Å². The van der Waals surface area contributed by atoms with Crippen molar-refractivity contribution >= 4 is 27.5 Å². The summed E-state index contributed by atoms with van der Waals surface area (Å²) in [5.74, 6) is -0.545. The molecule has 6 heteroatoms. The van der Waals surface area contributed by atoms with Gasteiger partial charge in [-0.25, -0.2) is 4.98 Å². The molecule has 0 saturated carbocycles. The van der Waals surface area contributed by atoms with Crippen molar-refractivity contribution in [3.05, 3.63) is 62.5 Å². The van der Waals surface area contributed by atoms with E-state index in [2.05, 4.69) is 11.9 Å². The Morgan fingerprint density at radius 2 is 2.12 bits per heavy atom. The van der Waals surface area contributed by atoms with E-state index in [1.165, 1.54) is 22.6 Å². The standard InChI is InChI=1S/C19H18N2O3S/c1-11-2-7-14-15(8-11)25-17-16(14)18(22)21(10-20-17)9-12-3-5-13(6-4-12)19(23)24/h3-6,10-11H,2,7-9H2,1H3,(H,23,24)/p-1. The van der Waals surface area contributed by atoms with Crippen LogP contribution in [-0.2, 0) is 19.4 Å². The van der Waals surface area contributed by atoms with Crippen LogP contribution in [0.4, 0.5) is 0 Å². The normalized spacial score (nSPS) is 16.8. The molecule has 1 atom stereocenters. The topological polar surface area (TPSA) is 75.0 Å². The van der Waals surface area contributed by atoms with Gasteiger partial charge >= 0.3 is 0 Å². The highest BCUT2D eigenvalue weighted by molar-refractivity contribution is 7.18. The average Bonchev–Trinajstić information content (AvgIpc) is 2.96. The molecule has 0 saturated heterocycles. The molecule has 1 aliphatic rings. The Balaban J connectivity index is 1.72. The molecule has 0 spiro atoms. The highest BCUT2D eigenvalue weighted by atomic mass is 32.1. The Kier molecular flexibility index (Phi) is 3.92. The van der Waals surface area contributed by atoms with Gasteiger partial charge in [-0.05, 0) is 41.9 Å². The first-order valence-electron chi connectivity index (χ1n) is 8.33. The van der Waals surface area contributed by atoms with Gasteiger partial charge in [-0.15, -0.1) is 11.3 Å². The second-order valence-corrected chi connectivity index (χ2v) is 7.78. The number of carbonyl (C=O) groups excluding carboxylic acids is 1. The number of carbonyl (C=O) groups is 1. The van der Waals surface area contributed by atoms with Gasteiger partial charge in [-0.2, -0.15) is 0 Å². The Morgan fingerprint density at radius 1 is 1.36 bits per heavy atom. The van der Waals surface area contributed by atoms with E-state index in [1.807, 2.05) is 0 Å². The van der Waals surface area contributed by atoms with Gasteiger partial charge in [-0.3, -0.25) is 9.36 Å². The molecule has 1 aliphatic carbocycles. The van der Waals surface area contributed by atoms with Crippen LogP contribution in [0.25, 0.3) is 10.2 Å². The number of hydrogen-bond acceptors (Lipinski definition) is 5. The smallest absolute Gasteiger partial charge is 0.262 e. The molecular formula is C19H17N2O3S-. The summed E-state index contributed by atoms with van der Waals surface area (Å²) in [5.41, 5.74) is 2.15. The second-order valence-electron chi connectivity index (χ2n) is 6.69.